The molecular weight excluding hydrogens is 428 g/mol. The highest BCUT2D eigenvalue weighted by molar-refractivity contribution is 6.14. The van der Waals surface area contributed by atoms with Crippen LogP contribution in [0.5, 0.6) is 0 Å². The average molecular weight is 447 g/mol. The molecule has 4 nitrogen and oxygen atoms in total. The van der Waals surface area contributed by atoms with Crippen molar-refractivity contribution >= 4 is 38.5 Å². The number of hydrogen-bond acceptors (Lipinski definition) is 3. The summed E-state index contributed by atoms with van der Waals surface area (Å²) < 4.78 is 2.19. The summed E-state index contributed by atoms with van der Waals surface area (Å²) in [6, 6.07) is 24.5. The Morgan fingerprint density at radius 3 is 2.43 bits per heavy atom. The van der Waals surface area contributed by atoms with Crippen molar-refractivity contribution in [2.75, 3.05) is 0 Å². The quantitative estimate of drug-likeness (QED) is 0.243. The zero-order valence-electron chi connectivity index (χ0n) is 18.8. The van der Waals surface area contributed by atoms with Gasteiger partial charge >= 0.3 is 0 Å². The number of fused-ring (bicyclic) bond motifs is 15. The lowest BCUT2D eigenvalue weighted by Crippen LogP contribution is -1.95. The van der Waals surface area contributed by atoms with E-state index in [-0.39, 0.29) is 0 Å². The number of rotatable bonds is 0. The molecule has 2 aliphatic carbocycles. The monoisotopic (exact) mass is 446 g/mol. The summed E-state index contributed by atoms with van der Waals surface area (Å²) in [5, 5.41) is 3.53. The van der Waals surface area contributed by atoms with Gasteiger partial charge in [-0.15, -0.1) is 0 Å². The normalized spacial score (nSPS) is 13.5. The zero-order chi connectivity index (χ0) is 22.7. The fraction of sp³-hybridized carbons (Fsp3) is 0.0645. The van der Waals surface area contributed by atoms with Gasteiger partial charge in [-0.05, 0) is 93.1 Å². The van der Waals surface area contributed by atoms with E-state index in [0.29, 0.717) is 0 Å². The first kappa shape index (κ1) is 17.8. The van der Waals surface area contributed by atoms with Crippen LogP contribution in [0.1, 0.15) is 22.3 Å². The second kappa shape index (κ2) is 6.10. The van der Waals surface area contributed by atoms with Gasteiger partial charge in [0.1, 0.15) is 16.8 Å². The Bertz CT molecular complexity index is 2070. The first-order valence-corrected chi connectivity index (χ1v) is 12.0. The van der Waals surface area contributed by atoms with Crippen molar-refractivity contribution in [2.45, 2.75) is 12.8 Å². The molecule has 3 aromatic carbocycles. The molecule has 4 aromatic heterocycles. The van der Waals surface area contributed by atoms with E-state index in [9.17, 15) is 0 Å². The number of aromatic nitrogens is 4. The molecule has 2 aliphatic rings. The second-order valence-electron chi connectivity index (χ2n) is 9.69. The average Bonchev–Trinajstić information content (AvgIpc) is 3.59. The van der Waals surface area contributed by atoms with Crippen LogP contribution in [0.2, 0.25) is 0 Å². The van der Waals surface area contributed by atoms with Crippen LogP contribution in [0.3, 0.4) is 0 Å². The van der Waals surface area contributed by atoms with Crippen molar-refractivity contribution in [1.82, 2.24) is 19.4 Å². The van der Waals surface area contributed by atoms with Crippen LogP contribution in [0.4, 0.5) is 0 Å². The van der Waals surface area contributed by atoms with E-state index in [4.69, 9.17) is 9.97 Å². The minimum absolute atomic E-state index is 0.895. The summed E-state index contributed by atoms with van der Waals surface area (Å²) in [5.41, 5.74) is 15.1. The molecule has 162 valence electrons. The lowest BCUT2D eigenvalue weighted by atomic mass is 9.96. The largest absolute Gasteiger partial charge is 0.276 e. The fourth-order valence-corrected chi connectivity index (χ4v) is 6.48. The van der Waals surface area contributed by atoms with Crippen molar-refractivity contribution in [3.05, 3.63) is 108 Å². The van der Waals surface area contributed by atoms with Gasteiger partial charge in [0.2, 0.25) is 0 Å². The first-order valence-electron chi connectivity index (χ1n) is 12.0. The molecule has 0 fully saturated rings. The Hall–Kier alpha value is -4.57. The fourth-order valence-electron chi connectivity index (χ4n) is 6.48. The third-order valence-electron chi connectivity index (χ3n) is 7.99. The molecule has 7 aromatic rings. The predicted molar refractivity (Wildman–Crippen MR) is 140 cm³/mol. The summed E-state index contributed by atoms with van der Waals surface area (Å²) in [7, 11) is 0. The molecule has 0 N–H and O–H groups in total. The summed E-state index contributed by atoms with van der Waals surface area (Å²) in [6.07, 6.45) is 7.53. The van der Waals surface area contributed by atoms with Crippen LogP contribution in [0.25, 0.3) is 60.7 Å². The molecule has 35 heavy (non-hydrogen) atoms. The van der Waals surface area contributed by atoms with Crippen LogP contribution in [0, 0.1) is 0 Å². The molecule has 0 bridgehead atoms. The molecule has 0 aliphatic heterocycles. The van der Waals surface area contributed by atoms with Crippen molar-refractivity contribution in [3.63, 3.8) is 0 Å². The van der Waals surface area contributed by atoms with E-state index in [1.165, 1.54) is 55.3 Å². The van der Waals surface area contributed by atoms with Gasteiger partial charge in [0, 0.05) is 23.2 Å². The van der Waals surface area contributed by atoms with Crippen molar-refractivity contribution < 1.29 is 0 Å². The summed E-state index contributed by atoms with van der Waals surface area (Å²) in [6.45, 7) is 0. The maximum atomic E-state index is 5.01. The smallest absolute Gasteiger partial charge is 0.147 e. The van der Waals surface area contributed by atoms with Crippen LogP contribution in [0.15, 0.2) is 85.3 Å². The molecule has 4 heteroatoms. The first-order chi connectivity index (χ1) is 17.3. The van der Waals surface area contributed by atoms with Gasteiger partial charge in [0.25, 0.3) is 0 Å². The topological polar surface area (TPSA) is 43.1 Å². The Kier molecular flexibility index (Phi) is 3.11. The van der Waals surface area contributed by atoms with Gasteiger partial charge < -0.3 is 0 Å². The minimum atomic E-state index is 0.895. The van der Waals surface area contributed by atoms with Crippen LogP contribution in [-0.2, 0) is 12.8 Å². The van der Waals surface area contributed by atoms with Crippen molar-refractivity contribution in [3.8, 4) is 22.3 Å². The number of imidazole rings is 1. The molecule has 0 radical (unpaired) electrons. The molecular formula is C31H18N4. The van der Waals surface area contributed by atoms with Crippen molar-refractivity contribution in [2.24, 2.45) is 0 Å². The molecule has 0 atom stereocenters. The highest BCUT2D eigenvalue weighted by Crippen LogP contribution is 2.48. The zero-order valence-corrected chi connectivity index (χ0v) is 18.8. The minimum Gasteiger partial charge on any atom is -0.276 e. The predicted octanol–water partition coefficient (Wildman–Crippen LogP) is 6.73. The molecule has 0 saturated carbocycles. The van der Waals surface area contributed by atoms with Gasteiger partial charge in [0.15, 0.2) is 0 Å². The third-order valence-corrected chi connectivity index (χ3v) is 7.99. The standard InChI is InChI=1S/C31H18N4/c1-2-5-19-17(4-1)12-24-20(19)7-8-21-23-15-26-22-6-3-10-33-30(22)35-29-9-11-32-16-28(29)34-31(35)27(26)14-18(23)13-25(21)24/h1-11,14-16H,12-13H2. The molecule has 0 saturated heterocycles. The van der Waals surface area contributed by atoms with E-state index >= 15 is 0 Å². The highest BCUT2D eigenvalue weighted by Gasteiger charge is 2.28. The van der Waals surface area contributed by atoms with Crippen LogP contribution >= 0.6 is 0 Å². The van der Waals surface area contributed by atoms with E-state index < -0.39 is 0 Å². The van der Waals surface area contributed by atoms with E-state index in [1.807, 2.05) is 30.7 Å². The SMILES string of the molecule is c1ccc2c(c1)Cc1c-2ccc2c1Cc1cc3c(cc1-2)c1cccnc1n1c2ccncc2nc31. The lowest BCUT2D eigenvalue weighted by molar-refractivity contribution is 1.16. The Morgan fingerprint density at radius 2 is 1.49 bits per heavy atom. The maximum absolute atomic E-state index is 5.01. The number of pyridine rings is 3. The summed E-state index contributed by atoms with van der Waals surface area (Å²) in [5.74, 6) is 0. The summed E-state index contributed by atoms with van der Waals surface area (Å²) >= 11 is 0. The van der Waals surface area contributed by atoms with E-state index in [2.05, 4.69) is 64.0 Å². The van der Waals surface area contributed by atoms with Crippen LogP contribution in [-0.4, -0.2) is 19.4 Å². The second-order valence-corrected chi connectivity index (χ2v) is 9.69. The molecule has 0 amide bonds. The van der Waals surface area contributed by atoms with Gasteiger partial charge in [-0.2, -0.15) is 0 Å². The third kappa shape index (κ3) is 2.15. The van der Waals surface area contributed by atoms with Gasteiger partial charge in [0.05, 0.1) is 11.7 Å². The van der Waals surface area contributed by atoms with Gasteiger partial charge in [-0.25, -0.2) is 9.97 Å². The van der Waals surface area contributed by atoms with Gasteiger partial charge in [-0.3, -0.25) is 9.38 Å². The Balaban J connectivity index is 1.38. The number of hydrogen-bond donors (Lipinski definition) is 0. The lowest BCUT2D eigenvalue weighted by Gasteiger charge is -2.11. The highest BCUT2D eigenvalue weighted by atomic mass is 15.1. The van der Waals surface area contributed by atoms with Crippen molar-refractivity contribution in [1.29, 1.82) is 0 Å². The summed E-state index contributed by atoms with van der Waals surface area (Å²) in [4.78, 5) is 14.1. The Labute approximate surface area is 200 Å². The number of nitrogens with zero attached hydrogens (tertiary/aromatic N) is 4. The van der Waals surface area contributed by atoms with Crippen LogP contribution < -0.4 is 0 Å². The molecule has 0 unspecified atom stereocenters. The Morgan fingerprint density at radius 1 is 0.629 bits per heavy atom. The molecule has 4 heterocycles. The van der Waals surface area contributed by atoms with E-state index in [0.717, 1.165) is 40.6 Å². The van der Waals surface area contributed by atoms with E-state index in [1.54, 1.807) is 0 Å². The molecule has 0 spiro atoms. The number of benzene rings is 3. The molecule has 9 rings (SSSR count). The maximum Gasteiger partial charge on any atom is 0.147 e. The van der Waals surface area contributed by atoms with Gasteiger partial charge in [-0.1, -0.05) is 36.4 Å².